The van der Waals surface area contributed by atoms with Crippen molar-refractivity contribution >= 4 is 29.7 Å². The van der Waals surface area contributed by atoms with Gasteiger partial charge in [-0.15, -0.1) is 0 Å². The molecular weight excluding hydrogens is 360 g/mol. The highest BCUT2D eigenvalue weighted by atomic mass is 35.5. The molecule has 0 atom stereocenters. The first-order valence-corrected chi connectivity index (χ1v) is 8.08. The lowest BCUT2D eigenvalue weighted by molar-refractivity contribution is -0.139. The Morgan fingerprint density at radius 3 is 2.69 bits per heavy atom. The number of halogens is 1. The van der Waals surface area contributed by atoms with Crippen LogP contribution in [0.5, 0.6) is 11.5 Å². The van der Waals surface area contributed by atoms with Crippen molar-refractivity contribution in [3.8, 4) is 11.5 Å². The van der Waals surface area contributed by atoms with E-state index in [1.807, 2.05) is 0 Å². The van der Waals surface area contributed by atoms with E-state index in [1.54, 1.807) is 43.3 Å². The predicted molar refractivity (Wildman–Crippen MR) is 97.3 cm³/mol. The molecule has 0 aromatic heterocycles. The van der Waals surface area contributed by atoms with Crippen molar-refractivity contribution in [1.82, 2.24) is 5.43 Å². The van der Waals surface area contributed by atoms with E-state index in [-0.39, 0.29) is 5.75 Å². The van der Waals surface area contributed by atoms with Gasteiger partial charge in [0.05, 0.1) is 12.8 Å². The average molecular weight is 377 g/mol. The number of para-hydroxylation sites is 1. The lowest BCUT2D eigenvalue weighted by Crippen LogP contribution is -2.17. The minimum Gasteiger partial charge on any atom is -0.490 e. The molecule has 8 heteroatoms. The number of nitrogens with one attached hydrogen (secondary N) is 1. The molecule has 0 saturated heterocycles. The Hall–Kier alpha value is -3.06. The normalized spacial score (nSPS) is 10.5. The molecule has 2 aromatic rings. The smallest absolute Gasteiger partial charge is 0.341 e. The van der Waals surface area contributed by atoms with Crippen LogP contribution in [0, 0.1) is 0 Å². The summed E-state index contributed by atoms with van der Waals surface area (Å²) in [5.74, 6) is -0.928. The summed E-state index contributed by atoms with van der Waals surface area (Å²) in [4.78, 5) is 22.8. The van der Waals surface area contributed by atoms with Gasteiger partial charge in [0, 0.05) is 16.1 Å². The van der Waals surface area contributed by atoms with Gasteiger partial charge in [-0.3, -0.25) is 4.79 Å². The van der Waals surface area contributed by atoms with Gasteiger partial charge >= 0.3 is 5.97 Å². The second-order valence-electron chi connectivity index (χ2n) is 5.00. The Bertz CT molecular complexity index is 823. The van der Waals surface area contributed by atoms with E-state index in [0.717, 1.165) is 0 Å². The quantitative estimate of drug-likeness (QED) is 0.545. The maximum Gasteiger partial charge on any atom is 0.341 e. The average Bonchev–Trinajstić information content (AvgIpc) is 2.61. The Balaban J connectivity index is 2.16. The number of amides is 1. The fourth-order valence-corrected chi connectivity index (χ4v) is 2.24. The van der Waals surface area contributed by atoms with Crippen molar-refractivity contribution < 1.29 is 24.2 Å². The van der Waals surface area contributed by atoms with Crippen molar-refractivity contribution in [2.75, 3.05) is 13.2 Å². The largest absolute Gasteiger partial charge is 0.490 e. The number of carbonyl (C=O) groups excluding carboxylic acids is 1. The van der Waals surface area contributed by atoms with Gasteiger partial charge in [0.25, 0.3) is 5.91 Å². The molecule has 136 valence electrons. The van der Waals surface area contributed by atoms with Crippen LogP contribution in [0.25, 0.3) is 0 Å². The summed E-state index contributed by atoms with van der Waals surface area (Å²) in [6, 6.07) is 11.5. The Morgan fingerprint density at radius 2 is 2.00 bits per heavy atom. The van der Waals surface area contributed by atoms with E-state index >= 15 is 0 Å². The summed E-state index contributed by atoms with van der Waals surface area (Å²) >= 11 is 5.85. The first-order chi connectivity index (χ1) is 12.5. The van der Waals surface area contributed by atoms with E-state index < -0.39 is 18.5 Å². The van der Waals surface area contributed by atoms with Crippen molar-refractivity contribution in [2.45, 2.75) is 6.92 Å². The second-order valence-corrected chi connectivity index (χ2v) is 5.44. The molecule has 0 fully saturated rings. The molecule has 0 heterocycles. The Morgan fingerprint density at radius 1 is 1.23 bits per heavy atom. The van der Waals surface area contributed by atoms with Gasteiger partial charge in [0.1, 0.15) is 0 Å². The van der Waals surface area contributed by atoms with Crippen LogP contribution in [0.1, 0.15) is 22.8 Å². The highest BCUT2D eigenvalue weighted by Gasteiger charge is 2.12. The highest BCUT2D eigenvalue weighted by molar-refractivity contribution is 6.30. The number of hydrogen-bond acceptors (Lipinski definition) is 5. The number of carboxylic acids is 1. The predicted octanol–water partition coefficient (Wildman–Crippen LogP) is 2.97. The number of benzene rings is 2. The van der Waals surface area contributed by atoms with E-state index in [1.165, 1.54) is 12.3 Å². The van der Waals surface area contributed by atoms with Crippen LogP contribution in [0.4, 0.5) is 0 Å². The maximum atomic E-state index is 12.0. The van der Waals surface area contributed by atoms with Crippen molar-refractivity contribution in [3.05, 3.63) is 58.6 Å². The highest BCUT2D eigenvalue weighted by Crippen LogP contribution is 2.30. The zero-order valence-electron chi connectivity index (χ0n) is 13.9. The van der Waals surface area contributed by atoms with Gasteiger partial charge in [0.2, 0.25) is 0 Å². The van der Waals surface area contributed by atoms with Crippen molar-refractivity contribution in [1.29, 1.82) is 0 Å². The number of rotatable bonds is 8. The molecule has 2 rings (SSSR count). The van der Waals surface area contributed by atoms with Crippen LogP contribution >= 0.6 is 11.6 Å². The van der Waals surface area contributed by atoms with Crippen LogP contribution in [-0.2, 0) is 4.79 Å². The van der Waals surface area contributed by atoms with E-state index in [2.05, 4.69) is 10.5 Å². The Kier molecular flexibility index (Phi) is 6.99. The molecule has 0 radical (unpaired) electrons. The molecule has 0 aliphatic rings. The van der Waals surface area contributed by atoms with E-state index in [9.17, 15) is 9.59 Å². The summed E-state index contributed by atoms with van der Waals surface area (Å²) in [6.45, 7) is 1.66. The minimum atomic E-state index is -1.12. The third-order valence-electron chi connectivity index (χ3n) is 3.11. The number of hydrazone groups is 1. The van der Waals surface area contributed by atoms with E-state index in [0.29, 0.717) is 28.5 Å². The van der Waals surface area contributed by atoms with Gasteiger partial charge in [-0.05, 0) is 37.3 Å². The first-order valence-electron chi connectivity index (χ1n) is 7.70. The van der Waals surface area contributed by atoms with E-state index in [4.69, 9.17) is 26.2 Å². The molecule has 0 aliphatic heterocycles. The van der Waals surface area contributed by atoms with Crippen molar-refractivity contribution in [2.24, 2.45) is 5.10 Å². The zero-order chi connectivity index (χ0) is 18.9. The molecule has 0 saturated carbocycles. The summed E-state index contributed by atoms with van der Waals surface area (Å²) in [5, 5.41) is 13.1. The van der Waals surface area contributed by atoms with Gasteiger partial charge < -0.3 is 14.6 Å². The molecule has 7 nitrogen and oxygen atoms in total. The third kappa shape index (κ3) is 5.49. The van der Waals surface area contributed by atoms with Crippen molar-refractivity contribution in [3.63, 3.8) is 0 Å². The van der Waals surface area contributed by atoms with Crippen LogP contribution in [0.2, 0.25) is 5.02 Å². The molecule has 2 N–H and O–H groups in total. The van der Waals surface area contributed by atoms with Gasteiger partial charge in [0.15, 0.2) is 18.1 Å². The summed E-state index contributed by atoms with van der Waals surface area (Å²) in [6.07, 6.45) is 1.35. The monoisotopic (exact) mass is 376 g/mol. The topological polar surface area (TPSA) is 97.2 Å². The summed E-state index contributed by atoms with van der Waals surface area (Å²) in [5.41, 5.74) is 3.20. The molecule has 0 unspecified atom stereocenters. The van der Waals surface area contributed by atoms with Gasteiger partial charge in [-0.25, -0.2) is 10.2 Å². The second kappa shape index (κ2) is 9.43. The van der Waals surface area contributed by atoms with Crippen LogP contribution in [0.15, 0.2) is 47.6 Å². The minimum absolute atomic E-state index is 0.234. The fraction of sp³-hybridized carbons (Fsp3) is 0.167. The molecule has 1 amide bonds. The zero-order valence-corrected chi connectivity index (χ0v) is 14.7. The standard InChI is InChI=1S/C18H17ClN2O5/c1-2-25-15-8-4-6-13(17(15)26-11-16(22)23)10-20-21-18(24)12-5-3-7-14(19)9-12/h3-10H,2,11H2,1H3,(H,21,24)(H,22,23)/b20-10+. The van der Waals surface area contributed by atoms with Crippen LogP contribution in [0.3, 0.4) is 0 Å². The molecule has 0 aliphatic carbocycles. The molecular formula is C18H17ClN2O5. The number of nitrogens with zero attached hydrogens (tertiary/aromatic N) is 1. The first kappa shape index (κ1) is 19.3. The van der Waals surface area contributed by atoms with Crippen LogP contribution in [-0.4, -0.2) is 36.4 Å². The molecule has 26 heavy (non-hydrogen) atoms. The summed E-state index contributed by atoms with van der Waals surface area (Å²) in [7, 11) is 0. The van der Waals surface area contributed by atoms with Crippen LogP contribution < -0.4 is 14.9 Å². The fourth-order valence-electron chi connectivity index (χ4n) is 2.05. The maximum absolute atomic E-state index is 12.0. The number of carboxylic acid groups (broad SMARTS) is 1. The number of hydrogen-bond donors (Lipinski definition) is 2. The SMILES string of the molecule is CCOc1cccc(/C=N/NC(=O)c2cccc(Cl)c2)c1OCC(=O)O. The molecule has 2 aromatic carbocycles. The van der Waals surface area contributed by atoms with Gasteiger partial charge in [-0.1, -0.05) is 23.7 Å². The lowest BCUT2D eigenvalue weighted by atomic mass is 10.2. The van der Waals surface area contributed by atoms with Gasteiger partial charge in [-0.2, -0.15) is 5.10 Å². The number of carbonyl (C=O) groups is 2. The Labute approximate surface area is 155 Å². The summed E-state index contributed by atoms with van der Waals surface area (Å²) < 4.78 is 10.7. The molecule has 0 spiro atoms. The number of ether oxygens (including phenoxy) is 2. The molecule has 0 bridgehead atoms. The lowest BCUT2D eigenvalue weighted by Gasteiger charge is -2.12. The third-order valence-corrected chi connectivity index (χ3v) is 3.34. The number of aliphatic carboxylic acids is 1.